The summed E-state index contributed by atoms with van der Waals surface area (Å²) in [5, 5.41) is 8.61. The molecule has 0 atom stereocenters. The van der Waals surface area contributed by atoms with Crippen molar-refractivity contribution in [2.75, 3.05) is 20.3 Å². The number of esters is 1. The first kappa shape index (κ1) is 15.6. The third-order valence-corrected chi connectivity index (χ3v) is 2.31. The van der Waals surface area contributed by atoms with Gasteiger partial charge >= 0.3 is 11.9 Å². The summed E-state index contributed by atoms with van der Waals surface area (Å²) in [5.74, 6) is -1.09. The summed E-state index contributed by atoms with van der Waals surface area (Å²) in [6.45, 7) is 2.86. The van der Waals surface area contributed by atoms with Crippen LogP contribution < -0.4 is 9.47 Å². The number of allylic oxidation sites excluding steroid dienone is 1. The van der Waals surface area contributed by atoms with Crippen LogP contribution in [0.1, 0.15) is 5.56 Å². The number of hydrogen-bond donors (Lipinski definition) is 1. The second kappa shape index (κ2) is 7.83. The quantitative estimate of drug-likeness (QED) is 0.573. The molecule has 1 N–H and O–H groups in total. The molecule has 1 rings (SSSR count). The van der Waals surface area contributed by atoms with Gasteiger partial charge in [-0.1, -0.05) is 12.1 Å². The standard InChI is InChI=1S/C14H16O6/c1-3-4-10-5-6-11(19-8-13(15)16)12(7-10)20-9-14(17)18-2/h3,5-7H,1,4,8-9H2,2H3,(H,15,16). The third-order valence-electron chi connectivity index (χ3n) is 2.31. The minimum atomic E-state index is -1.10. The smallest absolute Gasteiger partial charge is 0.343 e. The molecule has 0 aromatic heterocycles. The van der Waals surface area contributed by atoms with Gasteiger partial charge in [-0.25, -0.2) is 9.59 Å². The van der Waals surface area contributed by atoms with Crippen molar-refractivity contribution in [3.63, 3.8) is 0 Å². The van der Waals surface area contributed by atoms with E-state index < -0.39 is 18.5 Å². The summed E-state index contributed by atoms with van der Waals surface area (Å²) in [7, 11) is 1.25. The highest BCUT2D eigenvalue weighted by molar-refractivity contribution is 5.71. The van der Waals surface area contributed by atoms with Crippen molar-refractivity contribution in [2.24, 2.45) is 0 Å². The van der Waals surface area contributed by atoms with Crippen molar-refractivity contribution in [1.29, 1.82) is 0 Å². The molecule has 0 saturated heterocycles. The van der Waals surface area contributed by atoms with E-state index >= 15 is 0 Å². The number of carboxylic acids is 1. The number of carbonyl (C=O) groups is 2. The van der Waals surface area contributed by atoms with Crippen molar-refractivity contribution in [1.82, 2.24) is 0 Å². The molecule has 20 heavy (non-hydrogen) atoms. The fourth-order valence-electron chi connectivity index (χ4n) is 1.41. The average Bonchev–Trinajstić information content (AvgIpc) is 2.43. The molecule has 1 aromatic carbocycles. The highest BCUT2D eigenvalue weighted by Gasteiger charge is 2.10. The Labute approximate surface area is 116 Å². The zero-order chi connectivity index (χ0) is 15.0. The van der Waals surface area contributed by atoms with E-state index in [0.29, 0.717) is 6.42 Å². The highest BCUT2D eigenvalue weighted by atomic mass is 16.6. The molecule has 6 heteroatoms. The predicted molar refractivity (Wildman–Crippen MR) is 71.0 cm³/mol. The van der Waals surface area contributed by atoms with Gasteiger partial charge in [0.2, 0.25) is 0 Å². The van der Waals surface area contributed by atoms with Crippen molar-refractivity contribution in [3.05, 3.63) is 36.4 Å². The topological polar surface area (TPSA) is 82.1 Å². The molecule has 0 bridgehead atoms. The van der Waals surface area contributed by atoms with Gasteiger partial charge in [0, 0.05) is 0 Å². The molecular weight excluding hydrogens is 264 g/mol. The van der Waals surface area contributed by atoms with Gasteiger partial charge in [0.1, 0.15) is 0 Å². The lowest BCUT2D eigenvalue weighted by atomic mass is 10.1. The maximum atomic E-state index is 11.1. The van der Waals surface area contributed by atoms with Crippen molar-refractivity contribution in [3.8, 4) is 11.5 Å². The van der Waals surface area contributed by atoms with Crippen LogP contribution in [0, 0.1) is 0 Å². The molecule has 108 valence electrons. The fourth-order valence-corrected chi connectivity index (χ4v) is 1.41. The van der Waals surface area contributed by atoms with Crippen LogP contribution in [0.3, 0.4) is 0 Å². The van der Waals surface area contributed by atoms with Crippen LogP contribution in [0.2, 0.25) is 0 Å². The Morgan fingerprint density at radius 3 is 2.55 bits per heavy atom. The monoisotopic (exact) mass is 280 g/mol. The maximum absolute atomic E-state index is 11.1. The molecule has 0 radical (unpaired) electrons. The lowest BCUT2D eigenvalue weighted by molar-refractivity contribution is -0.143. The first-order valence-electron chi connectivity index (χ1n) is 5.85. The summed E-state index contributed by atoms with van der Waals surface area (Å²) in [5.41, 5.74) is 0.905. The summed E-state index contributed by atoms with van der Waals surface area (Å²) in [4.78, 5) is 21.6. The van der Waals surface area contributed by atoms with E-state index in [1.54, 1.807) is 24.3 Å². The van der Waals surface area contributed by atoms with Crippen LogP contribution >= 0.6 is 0 Å². The Morgan fingerprint density at radius 1 is 1.25 bits per heavy atom. The molecule has 6 nitrogen and oxygen atoms in total. The minimum Gasteiger partial charge on any atom is -0.479 e. The van der Waals surface area contributed by atoms with E-state index in [9.17, 15) is 9.59 Å². The van der Waals surface area contributed by atoms with E-state index in [1.165, 1.54) is 7.11 Å². The van der Waals surface area contributed by atoms with Crippen LogP contribution in [0.5, 0.6) is 11.5 Å². The van der Waals surface area contributed by atoms with Gasteiger partial charge in [-0.2, -0.15) is 0 Å². The largest absolute Gasteiger partial charge is 0.479 e. The van der Waals surface area contributed by atoms with Crippen LogP contribution in [0.15, 0.2) is 30.9 Å². The van der Waals surface area contributed by atoms with E-state index in [-0.39, 0.29) is 18.1 Å². The molecular formula is C14H16O6. The van der Waals surface area contributed by atoms with Crippen molar-refractivity contribution < 1.29 is 28.9 Å². The Hall–Kier alpha value is -2.50. The van der Waals surface area contributed by atoms with Gasteiger partial charge in [-0.15, -0.1) is 6.58 Å². The Bertz CT molecular complexity index is 494. The molecule has 0 aliphatic rings. The summed E-state index contributed by atoms with van der Waals surface area (Å²) >= 11 is 0. The van der Waals surface area contributed by atoms with Gasteiger partial charge < -0.3 is 19.3 Å². The van der Waals surface area contributed by atoms with Gasteiger partial charge in [0.25, 0.3) is 0 Å². The highest BCUT2D eigenvalue weighted by Crippen LogP contribution is 2.28. The number of rotatable bonds is 8. The van der Waals surface area contributed by atoms with Gasteiger partial charge in [0.15, 0.2) is 24.7 Å². The second-order valence-corrected chi connectivity index (χ2v) is 3.82. The van der Waals surface area contributed by atoms with E-state index in [2.05, 4.69) is 11.3 Å². The number of carbonyl (C=O) groups excluding carboxylic acids is 1. The number of methoxy groups -OCH3 is 1. The molecule has 0 fully saturated rings. The molecule has 1 aromatic rings. The second-order valence-electron chi connectivity index (χ2n) is 3.82. The van der Waals surface area contributed by atoms with E-state index in [0.717, 1.165) is 5.56 Å². The third kappa shape index (κ3) is 5.01. The van der Waals surface area contributed by atoms with Gasteiger partial charge in [0.05, 0.1) is 7.11 Å². The SMILES string of the molecule is C=CCc1ccc(OCC(=O)O)c(OCC(=O)OC)c1. The zero-order valence-corrected chi connectivity index (χ0v) is 11.1. The average molecular weight is 280 g/mol. The van der Waals surface area contributed by atoms with Crippen molar-refractivity contribution in [2.45, 2.75) is 6.42 Å². The first-order valence-corrected chi connectivity index (χ1v) is 5.85. The molecule has 0 heterocycles. The van der Waals surface area contributed by atoms with Gasteiger partial charge in [-0.05, 0) is 24.1 Å². The normalized spacial score (nSPS) is 9.65. The number of benzene rings is 1. The summed E-state index contributed by atoms with van der Waals surface area (Å²) in [6, 6.07) is 5.03. The molecule has 0 aliphatic carbocycles. The summed E-state index contributed by atoms with van der Waals surface area (Å²) in [6.07, 6.45) is 2.34. The number of ether oxygens (including phenoxy) is 3. The fraction of sp³-hybridized carbons (Fsp3) is 0.286. The van der Waals surface area contributed by atoms with Crippen LogP contribution in [0.4, 0.5) is 0 Å². The molecule has 0 saturated carbocycles. The van der Waals surface area contributed by atoms with E-state index in [1.807, 2.05) is 0 Å². The van der Waals surface area contributed by atoms with Crippen LogP contribution in [-0.2, 0) is 20.7 Å². The first-order chi connectivity index (χ1) is 9.56. The number of hydrogen-bond acceptors (Lipinski definition) is 5. The van der Waals surface area contributed by atoms with Crippen molar-refractivity contribution >= 4 is 11.9 Å². The lowest BCUT2D eigenvalue weighted by Crippen LogP contribution is -2.14. The van der Waals surface area contributed by atoms with E-state index in [4.69, 9.17) is 14.6 Å². The predicted octanol–water partition coefficient (Wildman–Crippen LogP) is 1.43. The minimum absolute atomic E-state index is 0.254. The van der Waals surface area contributed by atoms with Crippen LogP contribution in [0.25, 0.3) is 0 Å². The number of aliphatic carboxylic acids is 1. The Kier molecular flexibility index (Phi) is 6.09. The molecule has 0 unspecified atom stereocenters. The summed E-state index contributed by atoms with van der Waals surface area (Å²) < 4.78 is 14.9. The zero-order valence-electron chi connectivity index (χ0n) is 11.1. The molecule has 0 amide bonds. The molecule has 0 spiro atoms. The molecule has 0 aliphatic heterocycles. The lowest BCUT2D eigenvalue weighted by Gasteiger charge is -2.12. The Balaban J connectivity index is 2.87. The van der Waals surface area contributed by atoms with Crippen LogP contribution in [-0.4, -0.2) is 37.4 Å². The van der Waals surface area contributed by atoms with Gasteiger partial charge in [-0.3, -0.25) is 0 Å². The maximum Gasteiger partial charge on any atom is 0.343 e. The Morgan fingerprint density at radius 2 is 1.95 bits per heavy atom. The number of carboxylic acid groups (broad SMARTS) is 1.